The Morgan fingerprint density at radius 2 is 1.88 bits per heavy atom. The first-order valence-electron chi connectivity index (χ1n) is 8.29. The van der Waals surface area contributed by atoms with E-state index < -0.39 is 0 Å². The minimum Gasteiger partial charge on any atom is -0.454 e. The molecule has 2 aliphatic rings. The van der Waals surface area contributed by atoms with E-state index in [-0.39, 0.29) is 30.8 Å². The normalized spacial score (nSPS) is 17.0. The molecule has 3 amide bonds. The lowest BCUT2D eigenvalue weighted by molar-refractivity contribution is 0.0917. The molecular weight excluding hydrogens is 310 g/mol. The Bertz CT molecular complexity index is 624. The van der Waals surface area contributed by atoms with Crippen molar-refractivity contribution < 1.29 is 19.1 Å². The first-order chi connectivity index (χ1) is 11.5. The summed E-state index contributed by atoms with van der Waals surface area (Å²) in [6.45, 7) is 5.36. The van der Waals surface area contributed by atoms with Crippen molar-refractivity contribution in [2.24, 2.45) is 0 Å². The second-order valence-corrected chi connectivity index (χ2v) is 6.41. The van der Waals surface area contributed by atoms with Crippen molar-refractivity contribution >= 4 is 11.9 Å². The van der Waals surface area contributed by atoms with Gasteiger partial charge in [0.1, 0.15) is 0 Å². The fourth-order valence-electron chi connectivity index (χ4n) is 2.87. The number of benzene rings is 1. The van der Waals surface area contributed by atoms with Crippen LogP contribution in [0.1, 0.15) is 37.0 Å². The molecule has 130 valence electrons. The number of carbonyl (C=O) groups is 2. The summed E-state index contributed by atoms with van der Waals surface area (Å²) in [4.78, 5) is 26.1. The largest absolute Gasteiger partial charge is 0.454 e. The molecule has 0 bridgehead atoms. The number of nitrogens with zero attached hydrogens (tertiary/aromatic N) is 1. The highest BCUT2D eigenvalue weighted by Crippen LogP contribution is 2.32. The molecule has 3 rings (SSSR count). The molecule has 0 aliphatic carbocycles. The summed E-state index contributed by atoms with van der Waals surface area (Å²) in [6.07, 6.45) is 1.50. The van der Waals surface area contributed by atoms with Crippen molar-refractivity contribution in [3.05, 3.63) is 23.8 Å². The van der Waals surface area contributed by atoms with Crippen molar-refractivity contribution in [3.63, 3.8) is 0 Å². The van der Waals surface area contributed by atoms with Crippen LogP contribution in [0.15, 0.2) is 18.2 Å². The molecule has 0 radical (unpaired) electrons. The fraction of sp³-hybridized carbons (Fsp3) is 0.529. The van der Waals surface area contributed by atoms with Crippen LogP contribution in [0.4, 0.5) is 4.79 Å². The summed E-state index contributed by atoms with van der Waals surface area (Å²) in [5.74, 6) is 1.14. The summed E-state index contributed by atoms with van der Waals surface area (Å²) in [5, 5.41) is 5.92. The third kappa shape index (κ3) is 3.72. The predicted molar refractivity (Wildman–Crippen MR) is 88.3 cm³/mol. The van der Waals surface area contributed by atoms with E-state index in [4.69, 9.17) is 9.47 Å². The van der Waals surface area contributed by atoms with Gasteiger partial charge >= 0.3 is 6.03 Å². The quantitative estimate of drug-likeness (QED) is 0.883. The van der Waals surface area contributed by atoms with Gasteiger partial charge in [0.2, 0.25) is 6.79 Å². The smallest absolute Gasteiger partial charge is 0.317 e. The minimum atomic E-state index is -0.126. The van der Waals surface area contributed by atoms with Crippen LogP contribution in [-0.2, 0) is 0 Å². The van der Waals surface area contributed by atoms with Gasteiger partial charge in [0.05, 0.1) is 0 Å². The number of fused-ring (bicyclic) bond motifs is 1. The van der Waals surface area contributed by atoms with Gasteiger partial charge < -0.3 is 25.0 Å². The zero-order valence-electron chi connectivity index (χ0n) is 14.0. The van der Waals surface area contributed by atoms with Crippen LogP contribution < -0.4 is 20.1 Å². The van der Waals surface area contributed by atoms with Gasteiger partial charge in [0.25, 0.3) is 5.91 Å². The average molecular weight is 333 g/mol. The Morgan fingerprint density at radius 1 is 1.17 bits per heavy atom. The first-order valence-corrected chi connectivity index (χ1v) is 8.29. The Balaban J connectivity index is 1.51. The number of carbonyl (C=O) groups excluding carboxylic acids is 2. The van der Waals surface area contributed by atoms with Gasteiger partial charge in [0.15, 0.2) is 11.5 Å². The molecule has 0 atom stereocenters. The van der Waals surface area contributed by atoms with Gasteiger partial charge in [0, 0.05) is 30.7 Å². The minimum absolute atomic E-state index is 0.0365. The molecule has 0 spiro atoms. The summed E-state index contributed by atoms with van der Waals surface area (Å²) >= 11 is 0. The molecule has 24 heavy (non-hydrogen) atoms. The lowest BCUT2D eigenvalue weighted by atomic mass is 10.0. The van der Waals surface area contributed by atoms with Crippen LogP contribution in [0.5, 0.6) is 11.5 Å². The van der Waals surface area contributed by atoms with Crippen molar-refractivity contribution in [1.82, 2.24) is 15.5 Å². The van der Waals surface area contributed by atoms with E-state index in [1.54, 1.807) is 23.1 Å². The molecule has 2 N–H and O–H groups in total. The highest BCUT2D eigenvalue weighted by atomic mass is 16.7. The SMILES string of the molecule is CC(C)NC(=O)N1CCC(NC(=O)c2ccc3c(c2)OCO3)CC1. The second-order valence-electron chi connectivity index (χ2n) is 6.41. The summed E-state index contributed by atoms with van der Waals surface area (Å²) in [5.41, 5.74) is 0.555. The third-order valence-electron chi connectivity index (χ3n) is 4.16. The van der Waals surface area contributed by atoms with Crippen LogP contribution in [0.2, 0.25) is 0 Å². The highest BCUT2D eigenvalue weighted by Gasteiger charge is 2.25. The van der Waals surface area contributed by atoms with E-state index in [1.807, 2.05) is 13.8 Å². The molecular formula is C17H23N3O4. The maximum atomic E-state index is 12.4. The van der Waals surface area contributed by atoms with E-state index in [0.717, 1.165) is 12.8 Å². The van der Waals surface area contributed by atoms with E-state index in [0.29, 0.717) is 30.2 Å². The highest BCUT2D eigenvalue weighted by molar-refractivity contribution is 5.95. The lowest BCUT2D eigenvalue weighted by Crippen LogP contribution is -2.50. The van der Waals surface area contributed by atoms with Gasteiger partial charge in [-0.25, -0.2) is 4.79 Å². The Kier molecular flexibility index (Phi) is 4.78. The molecule has 0 unspecified atom stereocenters. The number of hydrogen-bond acceptors (Lipinski definition) is 4. The van der Waals surface area contributed by atoms with E-state index >= 15 is 0 Å². The summed E-state index contributed by atoms with van der Waals surface area (Å²) < 4.78 is 10.5. The van der Waals surface area contributed by atoms with Gasteiger partial charge in [-0.2, -0.15) is 0 Å². The summed E-state index contributed by atoms with van der Waals surface area (Å²) in [6, 6.07) is 5.34. The van der Waals surface area contributed by atoms with E-state index in [2.05, 4.69) is 10.6 Å². The molecule has 7 heteroatoms. The number of likely N-dealkylation sites (tertiary alicyclic amines) is 1. The van der Waals surface area contributed by atoms with Gasteiger partial charge in [-0.05, 0) is 44.9 Å². The Hall–Kier alpha value is -2.44. The molecule has 0 saturated carbocycles. The lowest BCUT2D eigenvalue weighted by Gasteiger charge is -2.32. The molecule has 2 aliphatic heterocycles. The predicted octanol–water partition coefficient (Wildman–Crippen LogP) is 1.73. The van der Waals surface area contributed by atoms with Crippen LogP contribution in [0.3, 0.4) is 0 Å². The average Bonchev–Trinajstić information content (AvgIpc) is 3.02. The monoisotopic (exact) mass is 333 g/mol. The standard InChI is InChI=1S/C17H23N3O4/c1-11(2)18-17(22)20-7-5-13(6-8-20)19-16(21)12-3-4-14-15(9-12)24-10-23-14/h3-4,9,11,13H,5-8,10H2,1-2H3,(H,18,22)(H,19,21). The van der Waals surface area contributed by atoms with Crippen molar-refractivity contribution in [3.8, 4) is 11.5 Å². The maximum Gasteiger partial charge on any atom is 0.317 e. The third-order valence-corrected chi connectivity index (χ3v) is 4.16. The zero-order chi connectivity index (χ0) is 17.1. The molecule has 1 fully saturated rings. The molecule has 2 heterocycles. The van der Waals surface area contributed by atoms with Gasteiger partial charge in [-0.1, -0.05) is 0 Å². The molecule has 1 aromatic carbocycles. The fourth-order valence-corrected chi connectivity index (χ4v) is 2.87. The number of amides is 3. The van der Waals surface area contributed by atoms with Gasteiger partial charge in [-0.3, -0.25) is 4.79 Å². The van der Waals surface area contributed by atoms with Crippen molar-refractivity contribution in [2.75, 3.05) is 19.9 Å². The zero-order valence-corrected chi connectivity index (χ0v) is 14.0. The molecule has 7 nitrogen and oxygen atoms in total. The first kappa shape index (κ1) is 16.4. The number of piperidine rings is 1. The molecule has 1 aromatic rings. The number of urea groups is 1. The number of nitrogens with one attached hydrogen (secondary N) is 2. The second kappa shape index (κ2) is 6.98. The van der Waals surface area contributed by atoms with Crippen molar-refractivity contribution in [1.29, 1.82) is 0 Å². The van der Waals surface area contributed by atoms with E-state index in [1.165, 1.54) is 0 Å². The van der Waals surface area contributed by atoms with Crippen molar-refractivity contribution in [2.45, 2.75) is 38.8 Å². The maximum absolute atomic E-state index is 12.4. The van der Waals surface area contributed by atoms with Gasteiger partial charge in [-0.15, -0.1) is 0 Å². The topological polar surface area (TPSA) is 79.9 Å². The molecule has 1 saturated heterocycles. The number of hydrogen-bond donors (Lipinski definition) is 2. The van der Waals surface area contributed by atoms with Crippen LogP contribution >= 0.6 is 0 Å². The van der Waals surface area contributed by atoms with E-state index in [9.17, 15) is 9.59 Å². The number of rotatable bonds is 3. The summed E-state index contributed by atoms with van der Waals surface area (Å²) in [7, 11) is 0. The van der Waals surface area contributed by atoms with Crippen LogP contribution in [-0.4, -0.2) is 48.8 Å². The number of ether oxygens (including phenoxy) is 2. The Morgan fingerprint density at radius 3 is 2.58 bits per heavy atom. The Labute approximate surface area is 141 Å². The van der Waals surface area contributed by atoms with Crippen LogP contribution in [0, 0.1) is 0 Å². The van der Waals surface area contributed by atoms with Crippen LogP contribution in [0.25, 0.3) is 0 Å². The molecule has 0 aromatic heterocycles.